The fourth-order valence-corrected chi connectivity index (χ4v) is 2.75. The van der Waals surface area contributed by atoms with Crippen molar-refractivity contribution in [3.8, 4) is 11.6 Å². The molecule has 28 heavy (non-hydrogen) atoms. The van der Waals surface area contributed by atoms with E-state index in [-0.39, 0.29) is 27.6 Å². The second kappa shape index (κ2) is 7.67. The number of aromatic nitrogens is 2. The van der Waals surface area contributed by atoms with Gasteiger partial charge in [-0.05, 0) is 30.3 Å². The molecule has 11 heteroatoms. The van der Waals surface area contributed by atoms with E-state index in [1.165, 1.54) is 24.3 Å². The Kier molecular flexibility index (Phi) is 5.30. The van der Waals surface area contributed by atoms with Gasteiger partial charge >= 0.3 is 5.69 Å². The van der Waals surface area contributed by atoms with E-state index in [0.29, 0.717) is 5.02 Å². The van der Waals surface area contributed by atoms with Crippen LogP contribution in [-0.4, -0.2) is 25.8 Å². The van der Waals surface area contributed by atoms with Gasteiger partial charge in [0.25, 0.3) is 11.2 Å². The minimum Gasteiger partial charge on any atom is -0.493 e. The summed E-state index contributed by atoms with van der Waals surface area (Å²) < 4.78 is 0.824. The molecule has 0 aliphatic heterocycles. The first-order valence-electron chi connectivity index (χ1n) is 7.60. The van der Waals surface area contributed by atoms with Gasteiger partial charge in [-0.15, -0.1) is 0 Å². The first kappa shape index (κ1) is 19.3. The summed E-state index contributed by atoms with van der Waals surface area (Å²) >= 11 is 11.6. The fraction of sp³-hybridized carbons (Fsp3) is 0. The number of H-pyrrole nitrogens is 1. The van der Waals surface area contributed by atoms with Crippen molar-refractivity contribution in [1.82, 2.24) is 9.55 Å². The zero-order valence-electron chi connectivity index (χ0n) is 13.8. The van der Waals surface area contributed by atoms with Gasteiger partial charge in [-0.3, -0.25) is 19.9 Å². The number of rotatable bonds is 4. The number of halogens is 2. The average Bonchev–Trinajstić information content (AvgIpc) is 2.62. The lowest BCUT2D eigenvalue weighted by Gasteiger charge is -2.09. The maximum Gasteiger partial charge on any atom is 0.335 e. The molecule has 1 aromatic heterocycles. The summed E-state index contributed by atoms with van der Waals surface area (Å²) in [5.41, 5.74) is -2.45. The number of hydrogen-bond donors (Lipinski definition) is 2. The molecule has 1 heterocycles. The van der Waals surface area contributed by atoms with Crippen LogP contribution in [0.3, 0.4) is 0 Å². The molecule has 2 aromatic carbocycles. The Hall–Kier alpha value is -3.43. The van der Waals surface area contributed by atoms with Crippen molar-refractivity contribution in [3.63, 3.8) is 0 Å². The summed E-state index contributed by atoms with van der Waals surface area (Å²) in [6.45, 7) is 0. The van der Waals surface area contributed by atoms with Crippen LogP contribution in [-0.2, 0) is 0 Å². The lowest BCUT2D eigenvalue weighted by molar-refractivity contribution is -0.384. The molecule has 0 aliphatic rings. The van der Waals surface area contributed by atoms with Crippen molar-refractivity contribution in [2.24, 2.45) is 4.99 Å². The molecule has 2 N–H and O–H groups in total. The van der Waals surface area contributed by atoms with Gasteiger partial charge in [-0.25, -0.2) is 14.4 Å². The van der Waals surface area contributed by atoms with Gasteiger partial charge < -0.3 is 5.11 Å². The van der Waals surface area contributed by atoms with E-state index >= 15 is 0 Å². The van der Waals surface area contributed by atoms with E-state index in [9.17, 15) is 24.8 Å². The number of aromatic amines is 1. The maximum atomic E-state index is 12.1. The zero-order valence-corrected chi connectivity index (χ0v) is 15.3. The number of nitrogens with zero attached hydrogens (tertiary/aromatic N) is 3. The van der Waals surface area contributed by atoms with E-state index in [2.05, 4.69) is 9.98 Å². The third-order valence-electron chi connectivity index (χ3n) is 3.65. The van der Waals surface area contributed by atoms with Gasteiger partial charge in [0.1, 0.15) is 11.3 Å². The minimum absolute atomic E-state index is 0.0892. The average molecular weight is 421 g/mol. The van der Waals surface area contributed by atoms with Crippen LogP contribution in [0.15, 0.2) is 57.0 Å². The van der Waals surface area contributed by atoms with Crippen molar-refractivity contribution in [2.75, 3.05) is 0 Å². The molecule has 0 unspecified atom stereocenters. The van der Waals surface area contributed by atoms with Crippen LogP contribution in [0.1, 0.15) is 5.56 Å². The highest BCUT2D eigenvalue weighted by molar-refractivity contribution is 6.31. The first-order valence-corrected chi connectivity index (χ1v) is 8.36. The Morgan fingerprint density at radius 1 is 1.14 bits per heavy atom. The highest BCUT2D eigenvalue weighted by atomic mass is 35.5. The van der Waals surface area contributed by atoms with E-state index in [0.717, 1.165) is 16.8 Å². The molecule has 0 saturated carbocycles. The van der Waals surface area contributed by atoms with Crippen molar-refractivity contribution in [3.05, 3.63) is 89.0 Å². The molecule has 0 amide bonds. The van der Waals surface area contributed by atoms with Gasteiger partial charge in [0.15, 0.2) is 0 Å². The van der Waals surface area contributed by atoms with E-state index in [4.69, 9.17) is 23.2 Å². The Morgan fingerprint density at radius 2 is 1.86 bits per heavy atom. The number of hydrogen-bond acceptors (Lipinski definition) is 6. The van der Waals surface area contributed by atoms with Crippen LogP contribution in [0.4, 0.5) is 11.4 Å². The van der Waals surface area contributed by atoms with Crippen LogP contribution in [0, 0.1) is 10.1 Å². The summed E-state index contributed by atoms with van der Waals surface area (Å²) in [4.78, 5) is 40.6. The largest absolute Gasteiger partial charge is 0.493 e. The van der Waals surface area contributed by atoms with Crippen molar-refractivity contribution < 1.29 is 10.0 Å². The molecule has 0 aliphatic carbocycles. The SMILES string of the molecule is O=c1[nH]c(=O)n(-c2cccc(Cl)c2)c(O)c1C=Nc1ccc(Cl)cc1[N+](=O)[O-]. The summed E-state index contributed by atoms with van der Waals surface area (Å²) in [7, 11) is 0. The number of aliphatic imine (C=N–C) groups is 1. The smallest absolute Gasteiger partial charge is 0.335 e. The third kappa shape index (κ3) is 3.80. The number of nitrogens with one attached hydrogen (secondary N) is 1. The number of nitro benzene ring substituents is 1. The monoisotopic (exact) mass is 420 g/mol. The third-order valence-corrected chi connectivity index (χ3v) is 4.12. The van der Waals surface area contributed by atoms with Crippen LogP contribution < -0.4 is 11.2 Å². The second-order valence-electron chi connectivity index (χ2n) is 5.46. The lowest BCUT2D eigenvalue weighted by Crippen LogP contribution is -2.31. The van der Waals surface area contributed by atoms with Gasteiger partial charge in [-0.2, -0.15) is 0 Å². The van der Waals surface area contributed by atoms with Crippen LogP contribution >= 0.6 is 23.2 Å². The molecule has 0 radical (unpaired) electrons. The van der Waals surface area contributed by atoms with Crippen LogP contribution in [0.25, 0.3) is 5.69 Å². The molecule has 0 bridgehead atoms. The predicted molar refractivity (Wildman–Crippen MR) is 105 cm³/mol. The Bertz CT molecular complexity index is 1230. The molecular weight excluding hydrogens is 411 g/mol. The molecule has 9 nitrogen and oxygen atoms in total. The standard InChI is InChI=1S/C17H10Cl2N4O5/c18-9-2-1-3-11(6-9)22-16(25)12(15(24)21-17(22)26)8-20-13-5-4-10(19)7-14(13)23(27)28/h1-8,25H,(H,21,24,26). The van der Waals surface area contributed by atoms with Gasteiger partial charge in [-0.1, -0.05) is 29.3 Å². The zero-order chi connectivity index (χ0) is 20.4. The summed E-state index contributed by atoms with van der Waals surface area (Å²) in [5.74, 6) is -0.698. The topological polar surface area (TPSA) is 131 Å². The summed E-state index contributed by atoms with van der Waals surface area (Å²) in [6, 6.07) is 9.81. The normalized spacial score (nSPS) is 11.1. The van der Waals surface area contributed by atoms with E-state index < -0.39 is 22.1 Å². The Balaban J connectivity index is 2.15. The predicted octanol–water partition coefficient (Wildman–Crippen LogP) is 3.20. The second-order valence-corrected chi connectivity index (χ2v) is 6.33. The highest BCUT2D eigenvalue weighted by Crippen LogP contribution is 2.30. The number of nitro groups is 1. The molecule has 0 saturated heterocycles. The Morgan fingerprint density at radius 3 is 2.54 bits per heavy atom. The molecule has 3 aromatic rings. The highest BCUT2D eigenvalue weighted by Gasteiger charge is 2.16. The summed E-state index contributed by atoms with van der Waals surface area (Å²) in [6.07, 6.45) is 0.922. The van der Waals surface area contributed by atoms with Crippen molar-refractivity contribution >= 4 is 40.8 Å². The molecule has 0 atom stereocenters. The van der Waals surface area contributed by atoms with Gasteiger partial charge in [0, 0.05) is 22.3 Å². The number of aromatic hydroxyl groups is 1. The van der Waals surface area contributed by atoms with Crippen LogP contribution in [0.5, 0.6) is 5.88 Å². The van der Waals surface area contributed by atoms with Crippen LogP contribution in [0.2, 0.25) is 10.0 Å². The first-order chi connectivity index (χ1) is 13.3. The van der Waals surface area contributed by atoms with E-state index in [1.54, 1.807) is 12.1 Å². The molecular formula is C17H10Cl2N4O5. The molecule has 0 fully saturated rings. The van der Waals surface area contributed by atoms with Gasteiger partial charge in [0.2, 0.25) is 5.88 Å². The van der Waals surface area contributed by atoms with E-state index in [1.807, 2.05) is 0 Å². The Labute approximate surface area is 166 Å². The number of benzene rings is 2. The maximum absolute atomic E-state index is 12.1. The minimum atomic E-state index is -0.916. The lowest BCUT2D eigenvalue weighted by atomic mass is 10.2. The molecule has 0 spiro atoms. The van der Waals surface area contributed by atoms with Gasteiger partial charge in [0.05, 0.1) is 10.6 Å². The summed E-state index contributed by atoms with van der Waals surface area (Å²) in [5, 5.41) is 22.0. The van der Waals surface area contributed by atoms with Crippen molar-refractivity contribution in [2.45, 2.75) is 0 Å². The quantitative estimate of drug-likeness (QED) is 0.380. The molecule has 3 rings (SSSR count). The molecule has 142 valence electrons. The fourth-order valence-electron chi connectivity index (χ4n) is 2.40. The van der Waals surface area contributed by atoms with Crippen molar-refractivity contribution in [1.29, 1.82) is 0 Å².